The molecular formula is C13H16Cl2N2O2. The lowest BCUT2D eigenvalue weighted by Crippen LogP contribution is -2.25. The van der Waals surface area contributed by atoms with Gasteiger partial charge in [-0.15, -0.1) is 0 Å². The Bertz CT molecular complexity index is 490. The molecule has 0 saturated heterocycles. The number of halogens is 2. The third kappa shape index (κ3) is 4.40. The number of rotatable bonds is 5. The fourth-order valence-electron chi connectivity index (χ4n) is 1.56. The van der Waals surface area contributed by atoms with Gasteiger partial charge in [-0.3, -0.25) is 9.59 Å². The summed E-state index contributed by atoms with van der Waals surface area (Å²) in [6.45, 7) is 4.18. The molecular weight excluding hydrogens is 287 g/mol. The molecule has 0 aliphatic heterocycles. The van der Waals surface area contributed by atoms with Crippen molar-refractivity contribution in [3.8, 4) is 0 Å². The number of benzene rings is 1. The van der Waals surface area contributed by atoms with Gasteiger partial charge in [0.05, 0.1) is 16.3 Å². The molecule has 0 unspecified atom stereocenters. The second-order valence-electron chi connectivity index (χ2n) is 3.97. The molecule has 1 aromatic carbocycles. The lowest BCUT2D eigenvalue weighted by atomic mass is 10.1. The molecule has 19 heavy (non-hydrogen) atoms. The molecule has 1 aromatic rings. The Balaban J connectivity index is 3.13. The highest BCUT2D eigenvalue weighted by atomic mass is 35.5. The minimum Gasteiger partial charge on any atom is -0.352 e. The van der Waals surface area contributed by atoms with Crippen molar-refractivity contribution in [3.63, 3.8) is 0 Å². The monoisotopic (exact) mass is 302 g/mol. The first-order valence-corrected chi connectivity index (χ1v) is 6.82. The van der Waals surface area contributed by atoms with Crippen molar-refractivity contribution in [1.29, 1.82) is 0 Å². The van der Waals surface area contributed by atoms with E-state index in [0.29, 0.717) is 30.1 Å². The Morgan fingerprint density at radius 2 is 1.89 bits per heavy atom. The molecule has 0 saturated carbocycles. The summed E-state index contributed by atoms with van der Waals surface area (Å²) in [5.41, 5.74) is 0.569. The number of hydrogen-bond acceptors (Lipinski definition) is 2. The average molecular weight is 303 g/mol. The van der Waals surface area contributed by atoms with Crippen LogP contribution in [0.25, 0.3) is 0 Å². The summed E-state index contributed by atoms with van der Waals surface area (Å²) < 4.78 is 0. The van der Waals surface area contributed by atoms with Gasteiger partial charge < -0.3 is 10.6 Å². The largest absolute Gasteiger partial charge is 0.352 e. The van der Waals surface area contributed by atoms with Crippen molar-refractivity contribution >= 4 is 40.7 Å². The summed E-state index contributed by atoms with van der Waals surface area (Å²) in [7, 11) is 0. The normalized spacial score (nSPS) is 10.1. The van der Waals surface area contributed by atoms with E-state index in [1.165, 1.54) is 12.1 Å². The Kier molecular flexibility index (Phi) is 6.12. The molecule has 6 heteroatoms. The van der Waals surface area contributed by atoms with Gasteiger partial charge in [-0.05, 0) is 25.5 Å². The number of hydrogen-bond donors (Lipinski definition) is 2. The van der Waals surface area contributed by atoms with Crippen LogP contribution in [0.1, 0.15) is 37.0 Å². The van der Waals surface area contributed by atoms with Gasteiger partial charge in [0, 0.05) is 18.0 Å². The molecule has 0 aliphatic carbocycles. The molecule has 0 aromatic heterocycles. The van der Waals surface area contributed by atoms with Gasteiger partial charge in [0.15, 0.2) is 0 Å². The second kappa shape index (κ2) is 7.36. The van der Waals surface area contributed by atoms with E-state index in [0.717, 1.165) is 0 Å². The highest BCUT2D eigenvalue weighted by Gasteiger charge is 2.17. The molecule has 0 fully saturated rings. The van der Waals surface area contributed by atoms with Gasteiger partial charge in [0.2, 0.25) is 5.91 Å². The highest BCUT2D eigenvalue weighted by Crippen LogP contribution is 2.30. The Morgan fingerprint density at radius 1 is 1.21 bits per heavy atom. The Hall–Kier alpha value is -1.26. The van der Waals surface area contributed by atoms with Crippen LogP contribution < -0.4 is 10.6 Å². The van der Waals surface area contributed by atoms with Crippen LogP contribution in [0.2, 0.25) is 10.0 Å². The van der Waals surface area contributed by atoms with Gasteiger partial charge in [-0.25, -0.2) is 0 Å². The molecule has 0 heterocycles. The first-order chi connectivity index (χ1) is 8.99. The van der Waals surface area contributed by atoms with E-state index < -0.39 is 0 Å². The van der Waals surface area contributed by atoms with Crippen LogP contribution in [0.5, 0.6) is 0 Å². The summed E-state index contributed by atoms with van der Waals surface area (Å²) >= 11 is 11.9. The average Bonchev–Trinajstić information content (AvgIpc) is 2.33. The van der Waals surface area contributed by atoms with Gasteiger partial charge in [-0.1, -0.05) is 30.1 Å². The lowest BCUT2D eigenvalue weighted by Gasteiger charge is -2.13. The number of anilines is 1. The third-order valence-electron chi connectivity index (χ3n) is 2.38. The zero-order chi connectivity index (χ0) is 14.4. The number of carbonyl (C=O) groups is 2. The van der Waals surface area contributed by atoms with Crippen molar-refractivity contribution in [3.05, 3.63) is 27.7 Å². The molecule has 0 radical (unpaired) electrons. The SMILES string of the molecule is CCCC(=O)Nc1c(Cl)cc(Cl)cc1C(=O)NCC. The summed E-state index contributed by atoms with van der Waals surface area (Å²) in [4.78, 5) is 23.6. The summed E-state index contributed by atoms with van der Waals surface area (Å²) in [6, 6.07) is 2.98. The molecule has 0 bridgehead atoms. The zero-order valence-corrected chi connectivity index (χ0v) is 12.4. The van der Waals surface area contributed by atoms with Gasteiger partial charge >= 0.3 is 0 Å². The smallest absolute Gasteiger partial charge is 0.253 e. The van der Waals surface area contributed by atoms with Crippen LogP contribution in [0.4, 0.5) is 5.69 Å². The fraction of sp³-hybridized carbons (Fsp3) is 0.385. The van der Waals surface area contributed by atoms with E-state index in [-0.39, 0.29) is 22.4 Å². The Labute approximate surface area is 122 Å². The third-order valence-corrected chi connectivity index (χ3v) is 2.89. The van der Waals surface area contributed by atoms with E-state index in [1.54, 1.807) is 6.92 Å². The van der Waals surface area contributed by atoms with E-state index in [4.69, 9.17) is 23.2 Å². The molecule has 4 nitrogen and oxygen atoms in total. The maximum atomic E-state index is 11.9. The maximum absolute atomic E-state index is 11.9. The van der Waals surface area contributed by atoms with E-state index in [1.807, 2.05) is 6.92 Å². The van der Waals surface area contributed by atoms with Gasteiger partial charge in [-0.2, -0.15) is 0 Å². The summed E-state index contributed by atoms with van der Waals surface area (Å²) in [5, 5.41) is 5.91. The van der Waals surface area contributed by atoms with Crippen molar-refractivity contribution in [2.75, 3.05) is 11.9 Å². The fourth-order valence-corrected chi connectivity index (χ4v) is 2.11. The minimum atomic E-state index is -0.321. The van der Waals surface area contributed by atoms with Crippen LogP contribution in [0.15, 0.2) is 12.1 Å². The molecule has 1 rings (SSSR count). The first-order valence-electron chi connectivity index (χ1n) is 6.06. The summed E-state index contributed by atoms with van der Waals surface area (Å²) in [6.07, 6.45) is 1.08. The lowest BCUT2D eigenvalue weighted by molar-refractivity contribution is -0.116. The first kappa shape index (κ1) is 15.8. The van der Waals surface area contributed by atoms with Gasteiger partial charge in [0.25, 0.3) is 5.91 Å². The summed E-state index contributed by atoms with van der Waals surface area (Å²) in [5.74, 6) is -0.504. The highest BCUT2D eigenvalue weighted by molar-refractivity contribution is 6.38. The van der Waals surface area contributed by atoms with E-state index in [2.05, 4.69) is 10.6 Å². The molecule has 2 amide bonds. The van der Waals surface area contributed by atoms with Crippen molar-refractivity contribution in [1.82, 2.24) is 5.32 Å². The van der Waals surface area contributed by atoms with Gasteiger partial charge in [0.1, 0.15) is 0 Å². The van der Waals surface area contributed by atoms with Crippen molar-refractivity contribution < 1.29 is 9.59 Å². The maximum Gasteiger partial charge on any atom is 0.253 e. The van der Waals surface area contributed by atoms with E-state index in [9.17, 15) is 9.59 Å². The topological polar surface area (TPSA) is 58.2 Å². The minimum absolute atomic E-state index is 0.183. The quantitative estimate of drug-likeness (QED) is 0.875. The second-order valence-corrected chi connectivity index (χ2v) is 4.81. The molecule has 2 N–H and O–H groups in total. The van der Waals surface area contributed by atoms with Crippen LogP contribution in [0, 0.1) is 0 Å². The number of nitrogens with one attached hydrogen (secondary N) is 2. The molecule has 0 atom stereocenters. The molecule has 0 spiro atoms. The standard InChI is InChI=1S/C13H16Cl2N2O2/c1-3-5-11(18)17-12-9(13(19)16-4-2)6-8(14)7-10(12)15/h6-7H,3-5H2,1-2H3,(H,16,19)(H,17,18). The van der Waals surface area contributed by atoms with Crippen LogP contribution >= 0.6 is 23.2 Å². The predicted octanol–water partition coefficient (Wildman–Crippen LogP) is 3.48. The number of carbonyl (C=O) groups excluding carboxylic acids is 2. The number of amides is 2. The van der Waals surface area contributed by atoms with Crippen LogP contribution in [0.3, 0.4) is 0 Å². The van der Waals surface area contributed by atoms with Crippen molar-refractivity contribution in [2.45, 2.75) is 26.7 Å². The Morgan fingerprint density at radius 3 is 2.47 bits per heavy atom. The zero-order valence-electron chi connectivity index (χ0n) is 10.8. The van der Waals surface area contributed by atoms with E-state index >= 15 is 0 Å². The van der Waals surface area contributed by atoms with Crippen LogP contribution in [-0.2, 0) is 4.79 Å². The van der Waals surface area contributed by atoms with Crippen LogP contribution in [-0.4, -0.2) is 18.4 Å². The molecule has 104 valence electrons. The van der Waals surface area contributed by atoms with Crippen molar-refractivity contribution in [2.24, 2.45) is 0 Å². The predicted molar refractivity (Wildman–Crippen MR) is 78.0 cm³/mol. The molecule has 0 aliphatic rings.